The van der Waals surface area contributed by atoms with Gasteiger partial charge in [0.2, 0.25) is 6.23 Å². The molecule has 0 saturated carbocycles. The van der Waals surface area contributed by atoms with Crippen LogP contribution >= 0.6 is 7.75 Å². The molecule has 15 heteroatoms. The molecule has 2 aromatic rings. The standard InChI is InChI=1S/C18H21F2N4O8P/c1-10(15(26)27)23-33(29,32-11-5-3-2-4-6-11)30-9-12-14(25)18(19,20)16(31-12)24-8-7-13(21)22-17(24)28/h2-8,10,12,14,16,25H,9H2,1H3,(H,23,29)(H,26,27)(H2,21,22,28)/t10-,12+,14+,16+,33?/m0/s1. The average molecular weight is 490 g/mol. The smallest absolute Gasteiger partial charge is 0.459 e. The third kappa shape index (κ3) is 5.54. The van der Waals surface area contributed by atoms with Gasteiger partial charge in [-0.15, -0.1) is 0 Å². The number of para-hydroxylation sites is 1. The molecule has 1 unspecified atom stereocenters. The number of alkyl halides is 2. The van der Waals surface area contributed by atoms with E-state index in [1.54, 1.807) is 18.2 Å². The first-order valence-corrected chi connectivity index (χ1v) is 11.0. The number of carboxylic acids is 1. The number of nitrogens with one attached hydrogen (secondary N) is 1. The maximum atomic E-state index is 14.7. The molecule has 1 saturated heterocycles. The third-order valence-corrected chi connectivity index (χ3v) is 6.23. The van der Waals surface area contributed by atoms with Gasteiger partial charge in [0.05, 0.1) is 6.61 Å². The lowest BCUT2D eigenvalue weighted by Crippen LogP contribution is -2.42. The summed E-state index contributed by atoms with van der Waals surface area (Å²) in [6.07, 6.45) is -5.54. The molecule has 180 valence electrons. The molecule has 12 nitrogen and oxygen atoms in total. The molecule has 5 atom stereocenters. The Kier molecular flexibility index (Phi) is 7.14. The van der Waals surface area contributed by atoms with Crippen LogP contribution in [0.15, 0.2) is 47.4 Å². The van der Waals surface area contributed by atoms with Crippen LogP contribution in [0.1, 0.15) is 13.2 Å². The zero-order chi connectivity index (χ0) is 24.4. The van der Waals surface area contributed by atoms with Crippen LogP contribution in [-0.2, 0) is 18.6 Å². The second-order valence-corrected chi connectivity index (χ2v) is 8.77. The summed E-state index contributed by atoms with van der Waals surface area (Å²) in [5.74, 6) is -5.49. The Morgan fingerprint density at radius 2 is 2.06 bits per heavy atom. The number of rotatable bonds is 9. The molecule has 1 aliphatic rings. The van der Waals surface area contributed by atoms with Crippen molar-refractivity contribution < 1.29 is 42.1 Å². The van der Waals surface area contributed by atoms with Crippen LogP contribution in [0.4, 0.5) is 14.6 Å². The number of aliphatic carboxylic acids is 1. The number of hydrogen-bond acceptors (Lipinski definition) is 9. The number of hydrogen-bond donors (Lipinski definition) is 4. The number of aliphatic hydroxyl groups is 1. The number of ether oxygens (including phenoxy) is 1. The van der Waals surface area contributed by atoms with E-state index < -0.39 is 56.4 Å². The molecular weight excluding hydrogens is 469 g/mol. The number of nitrogen functional groups attached to an aromatic ring is 1. The summed E-state index contributed by atoms with van der Waals surface area (Å²) in [5, 5.41) is 21.4. The molecule has 1 fully saturated rings. The van der Waals surface area contributed by atoms with Gasteiger partial charge in [0, 0.05) is 6.20 Å². The molecule has 3 rings (SSSR count). The van der Waals surface area contributed by atoms with Gasteiger partial charge in [-0.25, -0.2) is 9.36 Å². The van der Waals surface area contributed by atoms with Crippen molar-refractivity contribution >= 4 is 19.5 Å². The number of carbonyl (C=O) groups is 1. The van der Waals surface area contributed by atoms with Crippen molar-refractivity contribution in [2.45, 2.75) is 37.3 Å². The maximum absolute atomic E-state index is 14.7. The topological polar surface area (TPSA) is 175 Å². The van der Waals surface area contributed by atoms with Crippen molar-refractivity contribution in [2.24, 2.45) is 0 Å². The Labute approximate surface area is 185 Å². The summed E-state index contributed by atoms with van der Waals surface area (Å²) >= 11 is 0. The first-order valence-electron chi connectivity index (χ1n) is 9.49. The molecule has 2 heterocycles. The van der Waals surface area contributed by atoms with E-state index in [0.29, 0.717) is 4.57 Å². The fourth-order valence-corrected chi connectivity index (χ4v) is 4.39. The molecule has 0 bridgehead atoms. The lowest BCUT2D eigenvalue weighted by molar-refractivity contribution is -0.141. The van der Waals surface area contributed by atoms with E-state index in [0.717, 1.165) is 19.2 Å². The van der Waals surface area contributed by atoms with Crippen molar-refractivity contribution in [2.75, 3.05) is 12.3 Å². The van der Waals surface area contributed by atoms with Gasteiger partial charge in [-0.3, -0.25) is 13.9 Å². The summed E-state index contributed by atoms with van der Waals surface area (Å²) in [6, 6.07) is 7.26. The average Bonchev–Trinajstić information content (AvgIpc) is 2.96. The second kappa shape index (κ2) is 9.53. The maximum Gasteiger partial charge on any atom is 0.459 e. The molecule has 0 aliphatic carbocycles. The minimum absolute atomic E-state index is 0.0431. The van der Waals surface area contributed by atoms with Gasteiger partial charge in [0.25, 0.3) is 0 Å². The first-order chi connectivity index (χ1) is 15.4. The van der Waals surface area contributed by atoms with E-state index in [-0.39, 0.29) is 11.6 Å². The van der Waals surface area contributed by atoms with Gasteiger partial charge < -0.3 is 25.2 Å². The number of carboxylic acid groups (broad SMARTS) is 1. The second-order valence-electron chi connectivity index (χ2n) is 7.08. The minimum atomic E-state index is -4.44. The summed E-state index contributed by atoms with van der Waals surface area (Å²) in [5.41, 5.74) is 4.22. The normalized spacial score (nSPS) is 24.7. The lowest BCUT2D eigenvalue weighted by atomic mass is 10.1. The molecular formula is C18H21F2N4O8P. The number of halogens is 2. The Bertz CT molecular complexity index is 1100. The van der Waals surface area contributed by atoms with Crippen LogP contribution in [0.3, 0.4) is 0 Å². The SMILES string of the molecule is C[C@H](NP(=O)(OC[C@H]1O[C@@H](n2ccc(N)nc2=O)C(F)(F)[C@@H]1O)Oc1ccccc1)C(=O)O. The van der Waals surface area contributed by atoms with E-state index in [9.17, 15) is 28.0 Å². The predicted molar refractivity (Wildman–Crippen MR) is 109 cm³/mol. The van der Waals surface area contributed by atoms with Crippen molar-refractivity contribution in [3.05, 3.63) is 53.1 Å². The van der Waals surface area contributed by atoms with Crippen LogP contribution < -0.4 is 21.0 Å². The molecule has 0 radical (unpaired) electrons. The van der Waals surface area contributed by atoms with Crippen LogP contribution in [0.25, 0.3) is 0 Å². The van der Waals surface area contributed by atoms with Gasteiger partial charge in [0.1, 0.15) is 23.7 Å². The predicted octanol–water partition coefficient (Wildman–Crippen LogP) is 0.985. The molecule has 33 heavy (non-hydrogen) atoms. The molecule has 5 N–H and O–H groups in total. The number of aliphatic hydroxyl groups excluding tert-OH is 1. The highest BCUT2D eigenvalue weighted by molar-refractivity contribution is 7.52. The summed E-state index contributed by atoms with van der Waals surface area (Å²) in [7, 11) is -4.44. The Morgan fingerprint density at radius 1 is 1.39 bits per heavy atom. The van der Waals surface area contributed by atoms with Crippen LogP contribution in [0.2, 0.25) is 0 Å². The van der Waals surface area contributed by atoms with Crippen molar-refractivity contribution in [3.63, 3.8) is 0 Å². The molecule has 0 spiro atoms. The zero-order valence-electron chi connectivity index (χ0n) is 17.1. The van der Waals surface area contributed by atoms with Crippen LogP contribution in [0, 0.1) is 0 Å². The number of nitrogens with two attached hydrogens (primary N) is 1. The summed E-state index contributed by atoms with van der Waals surface area (Å²) < 4.78 is 58.5. The van der Waals surface area contributed by atoms with E-state index in [4.69, 9.17) is 24.6 Å². The fourth-order valence-electron chi connectivity index (χ4n) is 2.88. The highest BCUT2D eigenvalue weighted by Gasteiger charge is 2.60. The largest absolute Gasteiger partial charge is 0.480 e. The highest BCUT2D eigenvalue weighted by Crippen LogP contribution is 2.47. The van der Waals surface area contributed by atoms with Gasteiger partial charge in [0.15, 0.2) is 6.10 Å². The first kappa shape index (κ1) is 24.7. The monoisotopic (exact) mass is 490 g/mol. The van der Waals surface area contributed by atoms with Gasteiger partial charge >= 0.3 is 25.3 Å². The molecule has 0 amide bonds. The van der Waals surface area contributed by atoms with Crippen LogP contribution in [-0.4, -0.2) is 56.5 Å². The van der Waals surface area contributed by atoms with E-state index in [2.05, 4.69) is 10.1 Å². The van der Waals surface area contributed by atoms with Gasteiger partial charge in [-0.2, -0.15) is 18.9 Å². The Morgan fingerprint density at radius 3 is 2.67 bits per heavy atom. The van der Waals surface area contributed by atoms with E-state index in [1.165, 1.54) is 12.1 Å². The van der Waals surface area contributed by atoms with Crippen molar-refractivity contribution in [3.8, 4) is 5.75 Å². The van der Waals surface area contributed by atoms with E-state index in [1.807, 2.05) is 0 Å². The fraction of sp³-hybridized carbons (Fsp3) is 0.389. The van der Waals surface area contributed by atoms with Gasteiger partial charge in [-0.1, -0.05) is 18.2 Å². The third-order valence-electron chi connectivity index (χ3n) is 4.58. The highest BCUT2D eigenvalue weighted by atomic mass is 31.2. The summed E-state index contributed by atoms with van der Waals surface area (Å²) in [4.78, 5) is 26.5. The van der Waals surface area contributed by atoms with Gasteiger partial charge in [-0.05, 0) is 25.1 Å². The number of benzene rings is 1. The quantitative estimate of drug-likeness (QED) is 0.369. The Balaban J connectivity index is 1.80. The Hall–Kier alpha value is -2.90. The van der Waals surface area contributed by atoms with Crippen molar-refractivity contribution in [1.29, 1.82) is 0 Å². The number of anilines is 1. The van der Waals surface area contributed by atoms with Crippen LogP contribution in [0.5, 0.6) is 5.75 Å². The zero-order valence-corrected chi connectivity index (χ0v) is 18.0. The molecule has 1 aromatic carbocycles. The van der Waals surface area contributed by atoms with Crippen molar-refractivity contribution in [1.82, 2.24) is 14.6 Å². The molecule has 1 aromatic heterocycles. The number of aromatic nitrogens is 2. The number of nitrogens with zero attached hydrogens (tertiary/aromatic N) is 2. The minimum Gasteiger partial charge on any atom is -0.480 e. The van der Waals surface area contributed by atoms with E-state index >= 15 is 0 Å². The lowest BCUT2D eigenvalue weighted by Gasteiger charge is -2.23. The summed E-state index contributed by atoms with van der Waals surface area (Å²) in [6.45, 7) is 0.270. The molecule has 1 aliphatic heterocycles.